The molecule has 0 radical (unpaired) electrons. The number of aryl methyl sites for hydroxylation is 1. The lowest BCUT2D eigenvalue weighted by Gasteiger charge is -2.35. The summed E-state index contributed by atoms with van der Waals surface area (Å²) in [4.78, 5) is 19.6. The molecule has 0 saturated carbocycles. The molecule has 1 aliphatic heterocycles. The van der Waals surface area contributed by atoms with Crippen molar-refractivity contribution in [2.75, 3.05) is 19.8 Å². The molecule has 36 heavy (non-hydrogen) atoms. The van der Waals surface area contributed by atoms with Gasteiger partial charge in [0.2, 0.25) is 5.82 Å². The van der Waals surface area contributed by atoms with Crippen LogP contribution in [0.4, 0.5) is 4.79 Å². The SMILES string of the molecule is CCOc1ccc(C2NC(=O)N(CCCOC(C)C)C(C)=C2c2nc(-c3ccc(C)cc3)no2)cc1. The molecule has 2 heterocycles. The quantitative estimate of drug-likeness (QED) is 0.364. The lowest BCUT2D eigenvalue weighted by Crippen LogP contribution is -2.46. The molecule has 0 aliphatic carbocycles. The molecule has 4 rings (SSSR count). The highest BCUT2D eigenvalue weighted by molar-refractivity contribution is 5.86. The van der Waals surface area contributed by atoms with Crippen LogP contribution >= 0.6 is 0 Å². The molecule has 1 N–H and O–H groups in total. The molecule has 8 nitrogen and oxygen atoms in total. The first-order valence-corrected chi connectivity index (χ1v) is 12.4. The van der Waals surface area contributed by atoms with Crippen LogP contribution in [0.3, 0.4) is 0 Å². The molecule has 0 fully saturated rings. The van der Waals surface area contributed by atoms with Crippen LogP contribution in [0.25, 0.3) is 17.0 Å². The van der Waals surface area contributed by atoms with Crippen LogP contribution in [0.2, 0.25) is 0 Å². The first-order chi connectivity index (χ1) is 17.4. The van der Waals surface area contributed by atoms with E-state index in [1.807, 2.05) is 83.1 Å². The summed E-state index contributed by atoms with van der Waals surface area (Å²) in [5.74, 6) is 1.66. The Morgan fingerprint density at radius 3 is 2.47 bits per heavy atom. The van der Waals surface area contributed by atoms with Crippen molar-refractivity contribution in [3.05, 3.63) is 71.2 Å². The largest absolute Gasteiger partial charge is 0.494 e. The van der Waals surface area contributed by atoms with Gasteiger partial charge in [0.05, 0.1) is 24.3 Å². The molecule has 8 heteroatoms. The summed E-state index contributed by atoms with van der Waals surface area (Å²) in [6.45, 7) is 11.6. The summed E-state index contributed by atoms with van der Waals surface area (Å²) in [5, 5.41) is 7.38. The maximum atomic E-state index is 13.2. The van der Waals surface area contributed by atoms with Crippen LogP contribution in [0.5, 0.6) is 5.75 Å². The Labute approximate surface area is 212 Å². The van der Waals surface area contributed by atoms with Gasteiger partial charge in [-0.05, 0) is 58.7 Å². The standard InChI is InChI=1S/C28H34N4O4/c1-6-34-23-14-12-21(13-15-23)25-24(20(5)32(28(33)29-25)16-7-17-35-18(2)3)27-30-26(31-36-27)22-10-8-19(4)9-11-22/h8-15,18,25H,6-7,16-17H2,1-5H3,(H,29,33). The average molecular weight is 491 g/mol. The third-order valence-electron chi connectivity index (χ3n) is 6.06. The van der Waals surface area contributed by atoms with Crippen LogP contribution in [-0.4, -0.2) is 46.9 Å². The van der Waals surface area contributed by atoms with Crippen molar-refractivity contribution in [2.24, 2.45) is 0 Å². The van der Waals surface area contributed by atoms with Crippen molar-refractivity contribution in [1.82, 2.24) is 20.4 Å². The molecule has 2 amide bonds. The molecule has 0 saturated heterocycles. The van der Waals surface area contributed by atoms with Gasteiger partial charge in [0.15, 0.2) is 0 Å². The van der Waals surface area contributed by atoms with Crippen molar-refractivity contribution in [1.29, 1.82) is 0 Å². The zero-order chi connectivity index (χ0) is 25.7. The molecule has 0 spiro atoms. The number of nitrogens with zero attached hydrogens (tertiary/aromatic N) is 3. The number of aromatic nitrogens is 2. The van der Waals surface area contributed by atoms with Crippen molar-refractivity contribution in [2.45, 2.75) is 53.2 Å². The van der Waals surface area contributed by atoms with Gasteiger partial charge in [-0.3, -0.25) is 4.90 Å². The summed E-state index contributed by atoms with van der Waals surface area (Å²) in [5.41, 5.74) is 4.48. The first kappa shape index (κ1) is 25.4. The van der Waals surface area contributed by atoms with Crippen molar-refractivity contribution in [3.63, 3.8) is 0 Å². The van der Waals surface area contributed by atoms with Crippen LogP contribution in [0.1, 0.15) is 57.2 Å². The first-order valence-electron chi connectivity index (χ1n) is 12.4. The molecular weight excluding hydrogens is 456 g/mol. The molecular formula is C28H34N4O4. The third kappa shape index (κ3) is 5.76. The number of carbonyl (C=O) groups excluding carboxylic acids is 1. The Morgan fingerprint density at radius 1 is 1.08 bits per heavy atom. The normalized spacial score (nSPS) is 16.0. The van der Waals surface area contributed by atoms with Gasteiger partial charge in [0, 0.05) is 24.4 Å². The minimum absolute atomic E-state index is 0.148. The number of allylic oxidation sites excluding steroid dienone is 1. The van der Waals surface area contributed by atoms with E-state index in [1.165, 1.54) is 0 Å². The number of urea groups is 1. The fourth-order valence-electron chi connectivity index (χ4n) is 4.20. The Hall–Kier alpha value is -3.65. The highest BCUT2D eigenvalue weighted by Gasteiger charge is 2.35. The molecule has 0 bridgehead atoms. The lowest BCUT2D eigenvalue weighted by atomic mass is 9.94. The van der Waals surface area contributed by atoms with Gasteiger partial charge >= 0.3 is 6.03 Å². The van der Waals surface area contributed by atoms with Crippen LogP contribution in [0, 0.1) is 6.92 Å². The van der Waals surface area contributed by atoms with E-state index >= 15 is 0 Å². The highest BCUT2D eigenvalue weighted by Crippen LogP contribution is 2.37. The molecule has 1 aliphatic rings. The number of rotatable bonds is 10. The second-order valence-electron chi connectivity index (χ2n) is 9.10. The minimum Gasteiger partial charge on any atom is -0.494 e. The Balaban J connectivity index is 1.69. The molecule has 190 valence electrons. The maximum Gasteiger partial charge on any atom is 0.322 e. The Bertz CT molecular complexity index is 1200. The monoisotopic (exact) mass is 490 g/mol. The smallest absolute Gasteiger partial charge is 0.322 e. The highest BCUT2D eigenvalue weighted by atomic mass is 16.5. The van der Waals surface area contributed by atoms with Gasteiger partial charge in [-0.2, -0.15) is 4.98 Å². The second-order valence-corrected chi connectivity index (χ2v) is 9.10. The van der Waals surface area contributed by atoms with Gasteiger partial charge in [-0.1, -0.05) is 47.1 Å². The predicted octanol–water partition coefficient (Wildman–Crippen LogP) is 5.76. The molecule has 1 atom stereocenters. The van der Waals surface area contributed by atoms with E-state index in [0.29, 0.717) is 37.9 Å². The number of nitrogens with one attached hydrogen (secondary N) is 1. The Morgan fingerprint density at radius 2 is 1.81 bits per heavy atom. The van der Waals surface area contributed by atoms with E-state index in [-0.39, 0.29) is 12.1 Å². The van der Waals surface area contributed by atoms with Crippen LogP contribution in [0.15, 0.2) is 58.8 Å². The molecule has 1 aromatic heterocycles. The molecule has 1 unspecified atom stereocenters. The third-order valence-corrected chi connectivity index (χ3v) is 6.06. The van der Waals surface area contributed by atoms with Gasteiger partial charge in [-0.25, -0.2) is 4.79 Å². The van der Waals surface area contributed by atoms with E-state index in [1.54, 1.807) is 4.90 Å². The van der Waals surface area contributed by atoms with Crippen molar-refractivity contribution >= 4 is 11.6 Å². The van der Waals surface area contributed by atoms with Crippen LogP contribution in [-0.2, 0) is 4.74 Å². The summed E-state index contributed by atoms with van der Waals surface area (Å²) in [7, 11) is 0. The zero-order valence-corrected chi connectivity index (χ0v) is 21.6. The minimum atomic E-state index is -0.442. The van der Waals surface area contributed by atoms with E-state index in [4.69, 9.17) is 19.0 Å². The summed E-state index contributed by atoms with van der Waals surface area (Å²) >= 11 is 0. The summed E-state index contributed by atoms with van der Waals surface area (Å²) < 4.78 is 17.0. The van der Waals surface area contributed by atoms with E-state index < -0.39 is 6.04 Å². The topological polar surface area (TPSA) is 89.7 Å². The molecule has 3 aromatic rings. The van der Waals surface area contributed by atoms with Crippen LogP contribution < -0.4 is 10.1 Å². The van der Waals surface area contributed by atoms with Gasteiger partial charge < -0.3 is 19.3 Å². The van der Waals surface area contributed by atoms with Crippen molar-refractivity contribution in [3.8, 4) is 17.1 Å². The second kappa shape index (κ2) is 11.4. The number of hydrogen-bond donors (Lipinski definition) is 1. The van der Waals surface area contributed by atoms with Crippen molar-refractivity contribution < 1.29 is 18.8 Å². The fourth-order valence-corrected chi connectivity index (χ4v) is 4.20. The lowest BCUT2D eigenvalue weighted by molar-refractivity contribution is 0.0736. The number of benzene rings is 2. The van der Waals surface area contributed by atoms with E-state index in [2.05, 4.69) is 10.5 Å². The number of ether oxygens (including phenoxy) is 2. The van der Waals surface area contributed by atoms with Gasteiger partial charge in [0.1, 0.15) is 5.75 Å². The van der Waals surface area contributed by atoms with E-state index in [0.717, 1.165) is 33.7 Å². The van der Waals surface area contributed by atoms with E-state index in [9.17, 15) is 4.79 Å². The van der Waals surface area contributed by atoms with Gasteiger partial charge in [-0.15, -0.1) is 0 Å². The number of hydrogen-bond acceptors (Lipinski definition) is 6. The Kier molecular flexibility index (Phi) is 8.05. The number of carbonyl (C=O) groups is 1. The average Bonchev–Trinajstić information content (AvgIpc) is 3.34. The molecule has 2 aromatic carbocycles. The maximum absolute atomic E-state index is 13.2. The summed E-state index contributed by atoms with van der Waals surface area (Å²) in [6, 6.07) is 15.1. The van der Waals surface area contributed by atoms with Gasteiger partial charge in [0.25, 0.3) is 5.89 Å². The zero-order valence-electron chi connectivity index (χ0n) is 21.6. The predicted molar refractivity (Wildman–Crippen MR) is 138 cm³/mol. The number of amides is 2. The summed E-state index contributed by atoms with van der Waals surface area (Å²) in [6.07, 6.45) is 0.859. The fraction of sp³-hybridized carbons (Fsp3) is 0.393.